The molecule has 21 heavy (non-hydrogen) atoms. The quantitative estimate of drug-likeness (QED) is 0.376. The minimum Gasteiger partial charge on any atom is -0.493 e. The van der Waals surface area contributed by atoms with Crippen molar-refractivity contribution in [2.45, 2.75) is 6.92 Å². The summed E-state index contributed by atoms with van der Waals surface area (Å²) in [6.45, 7) is 1.90. The van der Waals surface area contributed by atoms with E-state index in [1.807, 2.05) is 0 Å². The Hall–Kier alpha value is -2.76. The van der Waals surface area contributed by atoms with Gasteiger partial charge >= 0.3 is 12.1 Å². The Morgan fingerprint density at radius 3 is 2.62 bits per heavy atom. The van der Waals surface area contributed by atoms with Crippen molar-refractivity contribution >= 4 is 18.2 Å². The molecule has 1 N–H and O–H groups in total. The second-order valence-electron chi connectivity index (χ2n) is 3.75. The number of allylic oxidation sites excluding steroid dienone is 2. The fourth-order valence-corrected chi connectivity index (χ4v) is 1.41. The van der Waals surface area contributed by atoms with E-state index >= 15 is 0 Å². The van der Waals surface area contributed by atoms with Crippen molar-refractivity contribution in [2.75, 3.05) is 13.7 Å². The molecule has 6 nitrogen and oxygen atoms in total. The monoisotopic (exact) mass is 292 g/mol. The van der Waals surface area contributed by atoms with Crippen LogP contribution in [0.25, 0.3) is 6.08 Å². The van der Waals surface area contributed by atoms with Crippen molar-refractivity contribution in [1.82, 2.24) is 0 Å². The lowest BCUT2D eigenvalue weighted by Gasteiger charge is -2.09. The van der Waals surface area contributed by atoms with Gasteiger partial charge in [0.15, 0.2) is 11.5 Å². The molecule has 6 heteroatoms. The third kappa shape index (κ3) is 5.82. The lowest BCUT2D eigenvalue weighted by molar-refractivity contribution is -0.131. The number of aliphatic carboxylic acids is 1. The highest BCUT2D eigenvalue weighted by molar-refractivity contribution is 5.80. The first kappa shape index (κ1) is 16.3. The van der Waals surface area contributed by atoms with Gasteiger partial charge in [0.25, 0.3) is 0 Å². The summed E-state index contributed by atoms with van der Waals surface area (Å²) in [6, 6.07) is 4.91. The predicted octanol–water partition coefficient (Wildman–Crippen LogP) is 2.88. The van der Waals surface area contributed by atoms with Crippen LogP contribution in [0.2, 0.25) is 0 Å². The predicted molar refractivity (Wildman–Crippen MR) is 76.5 cm³/mol. The number of carboxylic acid groups (broad SMARTS) is 1. The molecule has 0 aromatic heterocycles. The van der Waals surface area contributed by atoms with Crippen LogP contribution in [0.1, 0.15) is 12.5 Å². The van der Waals surface area contributed by atoms with Crippen molar-refractivity contribution in [2.24, 2.45) is 0 Å². The van der Waals surface area contributed by atoms with Crippen molar-refractivity contribution in [1.29, 1.82) is 0 Å². The van der Waals surface area contributed by atoms with Gasteiger partial charge in [0.1, 0.15) is 0 Å². The van der Waals surface area contributed by atoms with Crippen molar-refractivity contribution in [3.05, 3.63) is 42.0 Å². The first-order chi connectivity index (χ1) is 10.1. The van der Waals surface area contributed by atoms with Gasteiger partial charge in [0.05, 0.1) is 13.7 Å². The van der Waals surface area contributed by atoms with Crippen LogP contribution >= 0.6 is 0 Å². The maximum Gasteiger partial charge on any atom is 0.513 e. The number of hydrogen-bond donors (Lipinski definition) is 1. The summed E-state index contributed by atoms with van der Waals surface area (Å²) in [5, 5.41) is 8.46. The van der Waals surface area contributed by atoms with E-state index < -0.39 is 12.1 Å². The standard InChI is InChI=1S/C15H16O6/c1-3-20-15(18)21-12-9-8-11(10-13(12)19-2)6-4-5-7-14(16)17/h4-10H,3H2,1-2H3,(H,16,17)/b6-4+,7-5+. The molecule has 112 valence electrons. The molecule has 0 saturated carbocycles. The summed E-state index contributed by atoms with van der Waals surface area (Å²) >= 11 is 0. The second-order valence-corrected chi connectivity index (χ2v) is 3.75. The highest BCUT2D eigenvalue weighted by Gasteiger charge is 2.10. The molecule has 0 aliphatic rings. The summed E-state index contributed by atoms with van der Waals surface area (Å²) in [6.07, 6.45) is 4.89. The topological polar surface area (TPSA) is 82.1 Å². The second kappa shape index (κ2) is 8.42. The third-order valence-corrected chi connectivity index (χ3v) is 2.28. The number of carboxylic acids is 1. The van der Waals surface area contributed by atoms with Crippen LogP contribution in [0.4, 0.5) is 4.79 Å². The van der Waals surface area contributed by atoms with Crippen LogP contribution < -0.4 is 9.47 Å². The molecule has 0 heterocycles. The van der Waals surface area contributed by atoms with Crippen LogP contribution in [0.15, 0.2) is 36.4 Å². The number of methoxy groups -OCH3 is 1. The maximum atomic E-state index is 11.3. The van der Waals surface area contributed by atoms with Gasteiger partial charge in [-0.25, -0.2) is 9.59 Å². The summed E-state index contributed by atoms with van der Waals surface area (Å²) in [5.41, 5.74) is 0.762. The highest BCUT2D eigenvalue weighted by atomic mass is 16.7. The largest absolute Gasteiger partial charge is 0.513 e. The van der Waals surface area contributed by atoms with Crippen LogP contribution in [0, 0.1) is 0 Å². The first-order valence-electron chi connectivity index (χ1n) is 6.17. The molecule has 0 spiro atoms. The minimum absolute atomic E-state index is 0.220. The van der Waals surface area contributed by atoms with E-state index in [9.17, 15) is 9.59 Å². The zero-order chi connectivity index (χ0) is 15.7. The molecule has 0 amide bonds. The number of ether oxygens (including phenoxy) is 3. The maximum absolute atomic E-state index is 11.3. The number of carbonyl (C=O) groups is 2. The van der Waals surface area contributed by atoms with Gasteiger partial charge in [-0.05, 0) is 24.6 Å². The normalized spacial score (nSPS) is 10.8. The molecule has 1 aromatic carbocycles. The highest BCUT2D eigenvalue weighted by Crippen LogP contribution is 2.28. The van der Waals surface area contributed by atoms with E-state index in [1.165, 1.54) is 13.2 Å². The number of benzene rings is 1. The van der Waals surface area contributed by atoms with Gasteiger partial charge < -0.3 is 19.3 Å². The van der Waals surface area contributed by atoms with Crippen LogP contribution in [-0.2, 0) is 9.53 Å². The average molecular weight is 292 g/mol. The smallest absolute Gasteiger partial charge is 0.493 e. The van der Waals surface area contributed by atoms with Crippen LogP contribution in [-0.4, -0.2) is 30.9 Å². The van der Waals surface area contributed by atoms with Crippen molar-refractivity contribution in [3.8, 4) is 11.5 Å². The number of rotatable bonds is 6. The molecule has 0 saturated heterocycles. The first-order valence-corrected chi connectivity index (χ1v) is 6.17. The van der Waals surface area contributed by atoms with Crippen LogP contribution in [0.5, 0.6) is 11.5 Å². The molecular formula is C15H16O6. The summed E-state index contributed by atoms with van der Waals surface area (Å²) in [7, 11) is 1.45. The Kier molecular flexibility index (Phi) is 6.53. The molecule has 0 unspecified atom stereocenters. The molecule has 1 rings (SSSR count). The van der Waals surface area contributed by atoms with Gasteiger partial charge in [-0.15, -0.1) is 0 Å². The summed E-state index contributed by atoms with van der Waals surface area (Å²) < 4.78 is 14.8. The Morgan fingerprint density at radius 2 is 2.00 bits per heavy atom. The minimum atomic E-state index is -1.02. The Balaban J connectivity index is 2.83. The Bertz CT molecular complexity index is 559. The summed E-state index contributed by atoms with van der Waals surface area (Å²) in [4.78, 5) is 21.6. The van der Waals surface area contributed by atoms with Crippen LogP contribution in [0.3, 0.4) is 0 Å². The van der Waals surface area contributed by atoms with Gasteiger partial charge in [-0.2, -0.15) is 0 Å². The van der Waals surface area contributed by atoms with E-state index in [2.05, 4.69) is 4.74 Å². The van der Waals surface area contributed by atoms with Gasteiger partial charge in [-0.1, -0.05) is 24.3 Å². The molecule has 1 aromatic rings. The van der Waals surface area contributed by atoms with E-state index in [0.29, 0.717) is 5.75 Å². The molecule has 0 aliphatic carbocycles. The SMILES string of the molecule is CCOC(=O)Oc1ccc(/C=C/C=C/C(=O)O)cc1OC. The lowest BCUT2D eigenvalue weighted by atomic mass is 10.2. The molecular weight excluding hydrogens is 276 g/mol. The fraction of sp³-hybridized carbons (Fsp3) is 0.200. The fourth-order valence-electron chi connectivity index (χ4n) is 1.41. The van der Waals surface area contributed by atoms with Crippen molar-refractivity contribution < 1.29 is 28.9 Å². The van der Waals surface area contributed by atoms with Gasteiger partial charge in [0.2, 0.25) is 0 Å². The van der Waals surface area contributed by atoms with Gasteiger partial charge in [-0.3, -0.25) is 0 Å². The van der Waals surface area contributed by atoms with E-state index in [1.54, 1.807) is 37.3 Å². The Morgan fingerprint density at radius 1 is 1.24 bits per heavy atom. The average Bonchev–Trinajstić information content (AvgIpc) is 2.45. The van der Waals surface area contributed by atoms with E-state index in [4.69, 9.17) is 14.6 Å². The lowest BCUT2D eigenvalue weighted by Crippen LogP contribution is -2.10. The number of carbonyl (C=O) groups excluding carboxylic acids is 1. The zero-order valence-corrected chi connectivity index (χ0v) is 11.7. The third-order valence-electron chi connectivity index (χ3n) is 2.28. The molecule has 0 fully saturated rings. The van der Waals surface area contributed by atoms with E-state index in [0.717, 1.165) is 11.6 Å². The molecule has 0 radical (unpaired) electrons. The molecule has 0 atom stereocenters. The zero-order valence-electron chi connectivity index (χ0n) is 11.7. The molecule has 0 aliphatic heterocycles. The molecule has 0 bridgehead atoms. The Labute approximate surface area is 122 Å². The number of hydrogen-bond acceptors (Lipinski definition) is 5. The van der Waals surface area contributed by atoms with Gasteiger partial charge in [0, 0.05) is 6.08 Å². The van der Waals surface area contributed by atoms with Crippen molar-refractivity contribution in [3.63, 3.8) is 0 Å². The summed E-state index contributed by atoms with van der Waals surface area (Å²) in [5.74, 6) is -0.406. The van der Waals surface area contributed by atoms with E-state index in [-0.39, 0.29) is 12.4 Å².